The van der Waals surface area contributed by atoms with Gasteiger partial charge in [0.05, 0.1) is 12.9 Å². The Hall–Kier alpha value is -2.63. The average Bonchev–Trinajstić information content (AvgIpc) is 2.83. The zero-order valence-electron chi connectivity index (χ0n) is 19.2. The van der Waals surface area contributed by atoms with Crippen LogP contribution < -0.4 is 4.74 Å². The topological polar surface area (TPSA) is 27.7 Å². The van der Waals surface area contributed by atoms with Crippen molar-refractivity contribution in [3.05, 3.63) is 65.7 Å². The molecule has 0 amide bonds. The molecule has 0 fully saturated rings. The number of thioether (sulfide) groups is 1. The SMILES string of the molecule is CCOC(C#CCSc1ccccc1)/C(C#CCCCCOC)=C\c1ccc(OC)cc1. The molecule has 0 saturated carbocycles. The summed E-state index contributed by atoms with van der Waals surface area (Å²) in [6.45, 7) is 3.32. The molecule has 3 nitrogen and oxygen atoms in total. The van der Waals surface area contributed by atoms with Gasteiger partial charge in [-0.1, -0.05) is 54.0 Å². The van der Waals surface area contributed by atoms with Crippen molar-refractivity contribution >= 4 is 17.8 Å². The van der Waals surface area contributed by atoms with Gasteiger partial charge in [-0.3, -0.25) is 0 Å². The van der Waals surface area contributed by atoms with Gasteiger partial charge in [0.2, 0.25) is 0 Å². The summed E-state index contributed by atoms with van der Waals surface area (Å²) in [6, 6.07) is 18.2. The lowest BCUT2D eigenvalue weighted by Crippen LogP contribution is -2.13. The van der Waals surface area contributed by atoms with Crippen LogP contribution in [0.1, 0.15) is 31.7 Å². The first-order valence-electron chi connectivity index (χ1n) is 10.9. The number of rotatable bonds is 11. The van der Waals surface area contributed by atoms with Gasteiger partial charge < -0.3 is 14.2 Å². The van der Waals surface area contributed by atoms with E-state index < -0.39 is 0 Å². The van der Waals surface area contributed by atoms with Gasteiger partial charge >= 0.3 is 0 Å². The van der Waals surface area contributed by atoms with E-state index in [0.717, 1.165) is 42.8 Å². The van der Waals surface area contributed by atoms with Crippen molar-refractivity contribution in [2.45, 2.75) is 37.2 Å². The smallest absolute Gasteiger partial charge is 0.151 e. The molecule has 0 aliphatic heterocycles. The third-order valence-electron chi connectivity index (χ3n) is 4.47. The molecule has 0 saturated heterocycles. The third-order valence-corrected chi connectivity index (χ3v) is 5.37. The predicted octanol–water partition coefficient (Wildman–Crippen LogP) is 6.10. The fourth-order valence-electron chi connectivity index (χ4n) is 2.83. The lowest BCUT2D eigenvalue weighted by Gasteiger charge is -2.11. The zero-order chi connectivity index (χ0) is 22.9. The Morgan fingerprint density at radius 1 is 1.00 bits per heavy atom. The number of ether oxygens (including phenoxy) is 3. The molecule has 0 aliphatic rings. The van der Waals surface area contributed by atoms with Crippen LogP contribution in [0.5, 0.6) is 5.75 Å². The van der Waals surface area contributed by atoms with Crippen LogP contribution >= 0.6 is 11.8 Å². The number of hydrogen-bond donors (Lipinski definition) is 0. The largest absolute Gasteiger partial charge is 0.497 e. The summed E-state index contributed by atoms with van der Waals surface area (Å²) in [7, 11) is 3.39. The molecule has 1 atom stereocenters. The summed E-state index contributed by atoms with van der Waals surface area (Å²) in [5, 5.41) is 0. The highest BCUT2D eigenvalue weighted by atomic mass is 32.2. The Balaban J connectivity index is 2.17. The number of methoxy groups -OCH3 is 2. The van der Waals surface area contributed by atoms with Crippen LogP contribution in [0.4, 0.5) is 0 Å². The zero-order valence-corrected chi connectivity index (χ0v) is 20.0. The van der Waals surface area contributed by atoms with Crippen LogP contribution in [0.2, 0.25) is 0 Å². The van der Waals surface area contributed by atoms with Gasteiger partial charge in [0.1, 0.15) is 5.75 Å². The molecule has 1 unspecified atom stereocenters. The normalized spacial score (nSPS) is 11.7. The van der Waals surface area contributed by atoms with E-state index in [1.807, 2.05) is 49.4 Å². The van der Waals surface area contributed by atoms with Gasteiger partial charge in [-0.25, -0.2) is 0 Å². The Morgan fingerprint density at radius 3 is 2.47 bits per heavy atom. The van der Waals surface area contributed by atoms with E-state index in [4.69, 9.17) is 14.2 Å². The summed E-state index contributed by atoms with van der Waals surface area (Å²) in [4.78, 5) is 1.21. The van der Waals surface area contributed by atoms with E-state index in [0.29, 0.717) is 12.4 Å². The van der Waals surface area contributed by atoms with Crippen molar-refractivity contribution in [3.63, 3.8) is 0 Å². The fraction of sp³-hybridized carbons (Fsp3) is 0.357. The lowest BCUT2D eigenvalue weighted by atomic mass is 10.1. The first-order chi connectivity index (χ1) is 15.8. The molecule has 0 aromatic heterocycles. The van der Waals surface area contributed by atoms with Crippen molar-refractivity contribution in [1.29, 1.82) is 0 Å². The highest BCUT2D eigenvalue weighted by Gasteiger charge is 2.10. The molecule has 0 heterocycles. The summed E-state index contributed by atoms with van der Waals surface area (Å²) in [6.07, 6.45) is 4.54. The molecule has 168 valence electrons. The minimum Gasteiger partial charge on any atom is -0.497 e. The standard InChI is InChI=1S/C28H32O3S/c1-4-31-28(16-12-22-32-27-14-9-7-10-15-27)25(13-8-5-6-11-21-29-2)23-24-17-19-26(30-3)20-18-24/h7,9-10,14-15,17-20,23,28H,4-6,11,21-22H2,1-3H3/b25-23-. The molecule has 0 N–H and O–H groups in total. The number of benzene rings is 2. The minimum atomic E-state index is -0.357. The van der Waals surface area contributed by atoms with Crippen molar-refractivity contribution < 1.29 is 14.2 Å². The first-order valence-corrected chi connectivity index (χ1v) is 11.9. The average molecular weight is 449 g/mol. The van der Waals surface area contributed by atoms with Gasteiger partial charge in [-0.05, 0) is 55.7 Å². The van der Waals surface area contributed by atoms with E-state index in [-0.39, 0.29) is 6.10 Å². The quantitative estimate of drug-likeness (QED) is 0.236. The van der Waals surface area contributed by atoms with Crippen molar-refractivity contribution in [2.24, 2.45) is 0 Å². The molecular formula is C28H32O3S. The maximum atomic E-state index is 5.97. The molecule has 0 spiro atoms. The second kappa shape index (κ2) is 16.1. The highest BCUT2D eigenvalue weighted by molar-refractivity contribution is 7.99. The maximum absolute atomic E-state index is 5.97. The molecule has 2 aromatic carbocycles. The third kappa shape index (κ3) is 10.1. The van der Waals surface area contributed by atoms with Crippen molar-refractivity contribution in [3.8, 4) is 29.4 Å². The molecule has 2 aromatic rings. The predicted molar refractivity (Wildman–Crippen MR) is 135 cm³/mol. The van der Waals surface area contributed by atoms with Gasteiger partial charge in [0, 0.05) is 37.2 Å². The van der Waals surface area contributed by atoms with Gasteiger partial charge in [-0.15, -0.1) is 11.8 Å². The molecule has 4 heteroatoms. The van der Waals surface area contributed by atoms with Crippen LogP contribution in [0.25, 0.3) is 6.08 Å². The maximum Gasteiger partial charge on any atom is 0.151 e. The van der Waals surface area contributed by atoms with Crippen molar-refractivity contribution in [1.82, 2.24) is 0 Å². The molecule has 0 radical (unpaired) electrons. The first kappa shape index (κ1) is 25.6. The summed E-state index contributed by atoms with van der Waals surface area (Å²) < 4.78 is 16.4. The monoisotopic (exact) mass is 448 g/mol. The summed E-state index contributed by atoms with van der Waals surface area (Å²) in [5.41, 5.74) is 1.92. The summed E-state index contributed by atoms with van der Waals surface area (Å²) >= 11 is 1.72. The Kier molecular flexibility index (Phi) is 12.9. The number of hydrogen-bond acceptors (Lipinski definition) is 4. The molecule has 0 bridgehead atoms. The van der Waals surface area contributed by atoms with Crippen molar-refractivity contribution in [2.75, 3.05) is 33.2 Å². The second-order valence-electron chi connectivity index (χ2n) is 6.88. The van der Waals surface area contributed by atoms with Gasteiger partial charge in [-0.2, -0.15) is 0 Å². The Morgan fingerprint density at radius 2 is 1.78 bits per heavy atom. The van der Waals surface area contributed by atoms with Gasteiger partial charge in [0.25, 0.3) is 0 Å². The van der Waals surface area contributed by atoms with E-state index >= 15 is 0 Å². The molecular weight excluding hydrogens is 416 g/mol. The van der Waals surface area contributed by atoms with Crippen LogP contribution in [0, 0.1) is 23.7 Å². The Bertz CT molecular complexity index is 928. The molecule has 2 rings (SSSR count). The molecule has 32 heavy (non-hydrogen) atoms. The second-order valence-corrected chi connectivity index (χ2v) is 7.93. The highest BCUT2D eigenvalue weighted by Crippen LogP contribution is 2.18. The summed E-state index contributed by atoms with van der Waals surface area (Å²) in [5.74, 6) is 14.7. The van der Waals surface area contributed by atoms with E-state index in [1.165, 1.54) is 4.90 Å². The molecule has 0 aliphatic carbocycles. The van der Waals surface area contributed by atoms with Crippen LogP contribution in [-0.4, -0.2) is 39.3 Å². The van der Waals surface area contributed by atoms with E-state index in [9.17, 15) is 0 Å². The van der Waals surface area contributed by atoms with Gasteiger partial charge in [0.15, 0.2) is 6.10 Å². The van der Waals surface area contributed by atoms with Crippen LogP contribution in [-0.2, 0) is 9.47 Å². The van der Waals surface area contributed by atoms with Crippen LogP contribution in [0.15, 0.2) is 65.1 Å². The van der Waals surface area contributed by atoms with E-state index in [1.54, 1.807) is 26.0 Å². The van der Waals surface area contributed by atoms with E-state index in [2.05, 4.69) is 41.9 Å². The minimum absolute atomic E-state index is 0.357. The fourth-order valence-corrected chi connectivity index (χ4v) is 3.50. The number of unbranched alkanes of at least 4 members (excludes halogenated alkanes) is 2. The Labute approximate surface area is 197 Å². The lowest BCUT2D eigenvalue weighted by molar-refractivity contribution is 0.130. The van der Waals surface area contributed by atoms with Crippen LogP contribution in [0.3, 0.4) is 0 Å².